The number of nitrogens with two attached hydrogens (primary N) is 1. The lowest BCUT2D eigenvalue weighted by atomic mass is 9.87. The van der Waals surface area contributed by atoms with Gasteiger partial charge in [-0.15, -0.1) is 0 Å². The number of ether oxygens (including phenoxy) is 1. The average molecular weight is 216 g/mol. The molecule has 88 valence electrons. The molecule has 0 spiro atoms. The van der Waals surface area contributed by atoms with Gasteiger partial charge in [0, 0.05) is 6.54 Å². The van der Waals surface area contributed by atoms with E-state index in [4.69, 9.17) is 5.73 Å². The van der Waals surface area contributed by atoms with Crippen LogP contribution in [0, 0.1) is 5.41 Å². The van der Waals surface area contributed by atoms with Gasteiger partial charge in [0.05, 0.1) is 19.6 Å². The van der Waals surface area contributed by atoms with Crippen LogP contribution in [0.15, 0.2) is 0 Å². The minimum absolute atomic E-state index is 0.166. The van der Waals surface area contributed by atoms with Crippen LogP contribution in [0.5, 0.6) is 0 Å². The van der Waals surface area contributed by atoms with E-state index in [0.717, 1.165) is 0 Å². The van der Waals surface area contributed by atoms with Gasteiger partial charge in [-0.05, 0) is 5.41 Å². The average Bonchev–Trinajstić information content (AvgIpc) is 2.14. The Labute approximate surface area is 90.4 Å². The van der Waals surface area contributed by atoms with Gasteiger partial charge in [-0.3, -0.25) is 9.59 Å². The van der Waals surface area contributed by atoms with E-state index in [2.05, 4.69) is 10.1 Å². The Morgan fingerprint density at radius 1 is 1.40 bits per heavy atom. The van der Waals surface area contributed by atoms with Crippen LogP contribution >= 0.6 is 0 Å². The Hall–Kier alpha value is -1.10. The zero-order valence-electron chi connectivity index (χ0n) is 9.79. The number of esters is 1. The molecule has 1 amide bonds. The third-order valence-electron chi connectivity index (χ3n) is 2.07. The molecule has 0 saturated carbocycles. The van der Waals surface area contributed by atoms with Gasteiger partial charge in [-0.1, -0.05) is 20.8 Å². The second kappa shape index (κ2) is 5.70. The Morgan fingerprint density at radius 3 is 2.33 bits per heavy atom. The first-order chi connectivity index (χ1) is 6.79. The first-order valence-corrected chi connectivity index (χ1v) is 4.89. The molecule has 0 unspecified atom stereocenters. The summed E-state index contributed by atoms with van der Waals surface area (Å²) in [5, 5.41) is 2.59. The fourth-order valence-corrected chi connectivity index (χ4v) is 0.893. The van der Waals surface area contributed by atoms with Crippen molar-refractivity contribution in [2.24, 2.45) is 11.1 Å². The highest BCUT2D eigenvalue weighted by atomic mass is 16.5. The first-order valence-electron chi connectivity index (χ1n) is 4.89. The molecule has 0 aliphatic heterocycles. The fourth-order valence-electron chi connectivity index (χ4n) is 0.893. The maximum atomic E-state index is 11.5. The highest BCUT2D eigenvalue weighted by molar-refractivity contribution is 5.82. The SMILES string of the molecule is COC(=O)CCNC(=O)[C@@H](N)C(C)(C)C. The third-order valence-corrected chi connectivity index (χ3v) is 2.07. The molecule has 5 heteroatoms. The lowest BCUT2D eigenvalue weighted by Crippen LogP contribution is -2.48. The van der Waals surface area contributed by atoms with Crippen LogP contribution < -0.4 is 11.1 Å². The first kappa shape index (κ1) is 13.9. The van der Waals surface area contributed by atoms with Crippen molar-refractivity contribution in [1.29, 1.82) is 0 Å². The Kier molecular flexibility index (Phi) is 5.28. The van der Waals surface area contributed by atoms with Gasteiger partial charge in [0.25, 0.3) is 0 Å². The molecule has 15 heavy (non-hydrogen) atoms. The molecular formula is C10H20N2O3. The molecule has 0 aromatic carbocycles. The van der Waals surface area contributed by atoms with E-state index < -0.39 is 6.04 Å². The number of rotatable bonds is 4. The van der Waals surface area contributed by atoms with Crippen molar-refractivity contribution in [3.8, 4) is 0 Å². The summed E-state index contributed by atoms with van der Waals surface area (Å²) in [6, 6.07) is -0.574. The predicted octanol–water partition coefficient (Wildman–Crippen LogP) is 0.0391. The highest BCUT2D eigenvalue weighted by Gasteiger charge is 2.27. The van der Waals surface area contributed by atoms with E-state index in [9.17, 15) is 9.59 Å². The van der Waals surface area contributed by atoms with Crippen molar-refractivity contribution >= 4 is 11.9 Å². The van der Waals surface area contributed by atoms with Crippen LogP contribution in [0.3, 0.4) is 0 Å². The second-order valence-corrected chi connectivity index (χ2v) is 4.46. The summed E-state index contributed by atoms with van der Waals surface area (Å²) in [5.74, 6) is -0.592. The predicted molar refractivity (Wildman–Crippen MR) is 57.1 cm³/mol. The van der Waals surface area contributed by atoms with Crippen molar-refractivity contribution in [2.45, 2.75) is 33.2 Å². The van der Waals surface area contributed by atoms with Crippen molar-refractivity contribution in [1.82, 2.24) is 5.32 Å². The molecule has 0 saturated heterocycles. The molecular weight excluding hydrogens is 196 g/mol. The van der Waals surface area contributed by atoms with Crippen LogP contribution in [0.25, 0.3) is 0 Å². The summed E-state index contributed by atoms with van der Waals surface area (Å²) >= 11 is 0. The fraction of sp³-hybridized carbons (Fsp3) is 0.800. The number of hydrogen-bond donors (Lipinski definition) is 2. The molecule has 5 nitrogen and oxygen atoms in total. The van der Waals surface area contributed by atoms with Crippen molar-refractivity contribution in [3.05, 3.63) is 0 Å². The van der Waals surface area contributed by atoms with Crippen molar-refractivity contribution in [2.75, 3.05) is 13.7 Å². The Bertz CT molecular complexity index is 233. The normalized spacial score (nSPS) is 13.1. The molecule has 3 N–H and O–H groups in total. The molecule has 0 aromatic rings. The Morgan fingerprint density at radius 2 is 1.93 bits per heavy atom. The van der Waals surface area contributed by atoms with E-state index in [1.807, 2.05) is 20.8 Å². The van der Waals surface area contributed by atoms with Gasteiger partial charge >= 0.3 is 5.97 Å². The summed E-state index contributed by atoms with van der Waals surface area (Å²) in [5.41, 5.74) is 5.43. The van der Waals surface area contributed by atoms with Gasteiger partial charge in [-0.25, -0.2) is 0 Å². The molecule has 0 fully saturated rings. The number of carbonyl (C=O) groups excluding carboxylic acids is 2. The van der Waals surface area contributed by atoms with Crippen molar-refractivity contribution < 1.29 is 14.3 Å². The summed E-state index contributed by atoms with van der Waals surface area (Å²) in [6.45, 7) is 5.92. The molecule has 1 atom stereocenters. The monoisotopic (exact) mass is 216 g/mol. The number of methoxy groups -OCH3 is 1. The molecule has 0 bridgehead atoms. The Balaban J connectivity index is 3.90. The van der Waals surface area contributed by atoms with E-state index in [1.54, 1.807) is 0 Å². The second-order valence-electron chi connectivity index (χ2n) is 4.46. The topological polar surface area (TPSA) is 81.4 Å². The smallest absolute Gasteiger partial charge is 0.307 e. The highest BCUT2D eigenvalue weighted by Crippen LogP contribution is 2.16. The number of amides is 1. The maximum absolute atomic E-state index is 11.5. The summed E-state index contributed by atoms with van der Waals surface area (Å²) in [7, 11) is 1.31. The summed E-state index contributed by atoms with van der Waals surface area (Å²) < 4.78 is 4.44. The third kappa shape index (κ3) is 5.37. The van der Waals surface area contributed by atoms with Crippen LogP contribution in [-0.2, 0) is 14.3 Å². The van der Waals surface area contributed by atoms with Gasteiger partial charge in [-0.2, -0.15) is 0 Å². The molecule has 0 aliphatic carbocycles. The lowest BCUT2D eigenvalue weighted by Gasteiger charge is -2.25. The number of carbonyl (C=O) groups is 2. The summed E-state index contributed by atoms with van der Waals surface area (Å²) in [6.07, 6.45) is 0.166. The minimum atomic E-state index is -0.574. The molecule has 0 rings (SSSR count). The van der Waals surface area contributed by atoms with E-state index >= 15 is 0 Å². The zero-order chi connectivity index (χ0) is 12.1. The quantitative estimate of drug-likeness (QED) is 0.650. The van der Waals surface area contributed by atoms with Crippen LogP contribution in [0.2, 0.25) is 0 Å². The van der Waals surface area contributed by atoms with Gasteiger partial charge in [0.2, 0.25) is 5.91 Å². The molecule has 0 aliphatic rings. The van der Waals surface area contributed by atoms with Crippen LogP contribution in [0.1, 0.15) is 27.2 Å². The van der Waals surface area contributed by atoms with E-state index in [0.29, 0.717) is 0 Å². The largest absolute Gasteiger partial charge is 0.469 e. The maximum Gasteiger partial charge on any atom is 0.307 e. The number of nitrogens with one attached hydrogen (secondary N) is 1. The zero-order valence-corrected chi connectivity index (χ0v) is 9.79. The van der Waals surface area contributed by atoms with E-state index in [-0.39, 0.29) is 30.3 Å². The van der Waals surface area contributed by atoms with Crippen LogP contribution in [-0.4, -0.2) is 31.6 Å². The number of hydrogen-bond acceptors (Lipinski definition) is 4. The molecule has 0 heterocycles. The van der Waals surface area contributed by atoms with Gasteiger partial charge in [0.1, 0.15) is 0 Å². The van der Waals surface area contributed by atoms with E-state index in [1.165, 1.54) is 7.11 Å². The lowest BCUT2D eigenvalue weighted by molar-refractivity contribution is -0.140. The van der Waals surface area contributed by atoms with Crippen LogP contribution in [0.4, 0.5) is 0 Å². The standard InChI is InChI=1S/C10H20N2O3/c1-10(2,3)8(11)9(14)12-6-5-7(13)15-4/h8H,5-6,11H2,1-4H3,(H,12,14)/t8-/m1/s1. The molecule has 0 aromatic heterocycles. The van der Waals surface area contributed by atoms with Gasteiger partial charge in [0.15, 0.2) is 0 Å². The summed E-state index contributed by atoms with van der Waals surface area (Å²) in [4.78, 5) is 22.2. The van der Waals surface area contributed by atoms with Crippen molar-refractivity contribution in [3.63, 3.8) is 0 Å². The van der Waals surface area contributed by atoms with Gasteiger partial charge < -0.3 is 15.8 Å². The minimum Gasteiger partial charge on any atom is -0.469 e. The molecule has 0 radical (unpaired) electrons.